The SMILES string of the molecule is CCOc1cc(CNc2ccc(N3CCOCC3)cc2)cc(Cl)c1OCc1ccc(F)cc1Cl. The highest BCUT2D eigenvalue weighted by atomic mass is 35.5. The lowest BCUT2D eigenvalue weighted by Crippen LogP contribution is -2.36. The van der Waals surface area contributed by atoms with Gasteiger partial charge in [-0.3, -0.25) is 0 Å². The third-order valence-corrected chi connectivity index (χ3v) is 6.13. The van der Waals surface area contributed by atoms with Gasteiger partial charge in [0, 0.05) is 36.6 Å². The fraction of sp³-hybridized carbons (Fsp3) is 0.308. The van der Waals surface area contributed by atoms with E-state index in [9.17, 15) is 4.39 Å². The van der Waals surface area contributed by atoms with Gasteiger partial charge in [0.2, 0.25) is 0 Å². The molecule has 0 aromatic heterocycles. The Morgan fingerprint density at radius 3 is 2.44 bits per heavy atom. The number of rotatable bonds is 9. The molecule has 34 heavy (non-hydrogen) atoms. The van der Waals surface area contributed by atoms with Gasteiger partial charge in [-0.1, -0.05) is 29.3 Å². The third-order valence-electron chi connectivity index (χ3n) is 5.50. The number of halogens is 3. The first kappa shape index (κ1) is 24.5. The summed E-state index contributed by atoms with van der Waals surface area (Å²) < 4.78 is 30.4. The predicted octanol–water partition coefficient (Wildman–Crippen LogP) is 6.56. The zero-order valence-electron chi connectivity index (χ0n) is 19.0. The van der Waals surface area contributed by atoms with Gasteiger partial charge in [-0.25, -0.2) is 4.39 Å². The molecule has 0 unspecified atom stereocenters. The normalized spacial score (nSPS) is 13.6. The van der Waals surface area contributed by atoms with Crippen molar-refractivity contribution in [3.8, 4) is 11.5 Å². The second-order valence-electron chi connectivity index (χ2n) is 7.86. The average molecular weight is 505 g/mol. The summed E-state index contributed by atoms with van der Waals surface area (Å²) in [5.41, 5.74) is 3.82. The Labute approximate surface area is 209 Å². The minimum absolute atomic E-state index is 0.145. The second-order valence-corrected chi connectivity index (χ2v) is 8.68. The number of morpholine rings is 1. The fourth-order valence-corrected chi connectivity index (χ4v) is 4.24. The Bertz CT molecular complexity index is 1110. The van der Waals surface area contributed by atoms with Crippen LogP contribution >= 0.6 is 23.2 Å². The molecule has 1 fully saturated rings. The molecule has 1 saturated heterocycles. The van der Waals surface area contributed by atoms with Gasteiger partial charge in [-0.15, -0.1) is 0 Å². The molecule has 8 heteroatoms. The van der Waals surface area contributed by atoms with E-state index in [1.807, 2.05) is 19.1 Å². The van der Waals surface area contributed by atoms with Crippen molar-refractivity contribution in [2.24, 2.45) is 0 Å². The van der Waals surface area contributed by atoms with Crippen LogP contribution in [0.1, 0.15) is 18.1 Å². The molecule has 0 spiro atoms. The molecule has 1 aliphatic heterocycles. The molecular weight excluding hydrogens is 478 g/mol. The van der Waals surface area contributed by atoms with Gasteiger partial charge in [-0.05, 0) is 61.0 Å². The minimum Gasteiger partial charge on any atom is -0.490 e. The molecule has 1 aliphatic rings. The van der Waals surface area contributed by atoms with Crippen molar-refractivity contribution in [3.05, 3.63) is 81.6 Å². The summed E-state index contributed by atoms with van der Waals surface area (Å²) in [6.07, 6.45) is 0. The van der Waals surface area contributed by atoms with Crippen molar-refractivity contribution in [1.82, 2.24) is 0 Å². The van der Waals surface area contributed by atoms with Crippen molar-refractivity contribution < 1.29 is 18.6 Å². The zero-order chi connectivity index (χ0) is 23.9. The molecule has 0 bridgehead atoms. The molecule has 180 valence electrons. The van der Waals surface area contributed by atoms with Gasteiger partial charge in [0.05, 0.1) is 29.9 Å². The van der Waals surface area contributed by atoms with Gasteiger partial charge in [0.25, 0.3) is 0 Å². The first-order valence-corrected chi connectivity index (χ1v) is 12.0. The van der Waals surface area contributed by atoms with E-state index in [1.165, 1.54) is 17.8 Å². The second kappa shape index (κ2) is 11.6. The Hall–Kier alpha value is -2.67. The van der Waals surface area contributed by atoms with Crippen LogP contribution in [0.2, 0.25) is 10.0 Å². The van der Waals surface area contributed by atoms with Gasteiger partial charge in [0.15, 0.2) is 11.5 Å². The van der Waals surface area contributed by atoms with Crippen molar-refractivity contribution in [3.63, 3.8) is 0 Å². The Balaban J connectivity index is 1.42. The van der Waals surface area contributed by atoms with E-state index < -0.39 is 5.82 Å². The van der Waals surface area contributed by atoms with E-state index in [2.05, 4.69) is 34.5 Å². The predicted molar refractivity (Wildman–Crippen MR) is 135 cm³/mol. The number of anilines is 2. The summed E-state index contributed by atoms with van der Waals surface area (Å²) in [4.78, 5) is 2.32. The quantitative estimate of drug-likeness (QED) is 0.357. The topological polar surface area (TPSA) is 43.0 Å². The lowest BCUT2D eigenvalue weighted by Gasteiger charge is -2.29. The van der Waals surface area contributed by atoms with Crippen LogP contribution in [-0.4, -0.2) is 32.9 Å². The molecule has 5 nitrogen and oxygen atoms in total. The zero-order valence-corrected chi connectivity index (χ0v) is 20.5. The van der Waals surface area contributed by atoms with Crippen LogP contribution < -0.4 is 19.7 Å². The van der Waals surface area contributed by atoms with Gasteiger partial charge in [-0.2, -0.15) is 0 Å². The number of nitrogens with one attached hydrogen (secondary N) is 1. The summed E-state index contributed by atoms with van der Waals surface area (Å²) >= 11 is 12.7. The third kappa shape index (κ3) is 6.26. The van der Waals surface area contributed by atoms with Crippen molar-refractivity contribution in [2.75, 3.05) is 43.1 Å². The first-order valence-electron chi connectivity index (χ1n) is 11.2. The molecule has 1 heterocycles. The highest BCUT2D eigenvalue weighted by Crippen LogP contribution is 2.38. The average Bonchev–Trinajstić information content (AvgIpc) is 2.84. The number of ether oxygens (including phenoxy) is 3. The summed E-state index contributed by atoms with van der Waals surface area (Å²) in [5, 5.41) is 4.16. The summed E-state index contributed by atoms with van der Waals surface area (Å²) in [6, 6.07) is 16.3. The first-order chi connectivity index (χ1) is 16.5. The van der Waals surface area contributed by atoms with E-state index in [-0.39, 0.29) is 6.61 Å². The van der Waals surface area contributed by atoms with Gasteiger partial charge in [0.1, 0.15) is 12.4 Å². The van der Waals surface area contributed by atoms with E-state index in [1.54, 1.807) is 6.07 Å². The monoisotopic (exact) mass is 504 g/mol. The molecule has 0 amide bonds. The van der Waals surface area contributed by atoms with Crippen LogP contribution in [0.15, 0.2) is 54.6 Å². The number of nitrogens with zero attached hydrogens (tertiary/aromatic N) is 1. The summed E-state index contributed by atoms with van der Waals surface area (Å²) in [7, 11) is 0. The van der Waals surface area contributed by atoms with Crippen LogP contribution in [0.5, 0.6) is 11.5 Å². The lowest BCUT2D eigenvalue weighted by atomic mass is 10.1. The van der Waals surface area contributed by atoms with Crippen molar-refractivity contribution >= 4 is 34.6 Å². The molecule has 1 N–H and O–H groups in total. The number of hydrogen-bond donors (Lipinski definition) is 1. The summed E-state index contributed by atoms with van der Waals surface area (Å²) in [6.45, 7) is 6.42. The largest absolute Gasteiger partial charge is 0.490 e. The van der Waals surface area contributed by atoms with Crippen LogP contribution in [0.3, 0.4) is 0 Å². The maximum absolute atomic E-state index is 13.3. The molecule has 0 aliphatic carbocycles. The molecule has 0 saturated carbocycles. The fourth-order valence-electron chi connectivity index (χ4n) is 3.73. The van der Waals surface area contributed by atoms with Crippen LogP contribution in [0.25, 0.3) is 0 Å². The minimum atomic E-state index is -0.394. The smallest absolute Gasteiger partial charge is 0.180 e. The molecule has 0 radical (unpaired) electrons. The van der Waals surface area contributed by atoms with Crippen LogP contribution in [0, 0.1) is 5.82 Å². The molecule has 3 aromatic rings. The van der Waals surface area contributed by atoms with Crippen molar-refractivity contribution in [1.29, 1.82) is 0 Å². The maximum atomic E-state index is 13.3. The van der Waals surface area contributed by atoms with E-state index in [0.29, 0.717) is 40.3 Å². The molecular formula is C26H27Cl2FN2O3. The standard InChI is InChI=1S/C26H27Cl2FN2O3/c1-2-33-25-14-18(13-24(28)26(25)34-17-19-3-4-20(29)15-23(19)27)16-30-21-5-7-22(8-6-21)31-9-11-32-12-10-31/h3-8,13-15,30H,2,9-12,16-17H2,1H3. The Morgan fingerprint density at radius 1 is 0.971 bits per heavy atom. The van der Waals surface area contributed by atoms with Crippen molar-refractivity contribution in [2.45, 2.75) is 20.1 Å². The van der Waals surface area contributed by atoms with E-state index >= 15 is 0 Å². The van der Waals surface area contributed by atoms with E-state index in [0.717, 1.165) is 37.6 Å². The van der Waals surface area contributed by atoms with Crippen LogP contribution in [-0.2, 0) is 17.9 Å². The highest BCUT2D eigenvalue weighted by molar-refractivity contribution is 6.32. The Morgan fingerprint density at radius 2 is 1.74 bits per heavy atom. The highest BCUT2D eigenvalue weighted by Gasteiger charge is 2.15. The van der Waals surface area contributed by atoms with Gasteiger partial charge < -0.3 is 24.4 Å². The lowest BCUT2D eigenvalue weighted by molar-refractivity contribution is 0.122. The maximum Gasteiger partial charge on any atom is 0.180 e. The van der Waals surface area contributed by atoms with Gasteiger partial charge >= 0.3 is 0 Å². The number of benzene rings is 3. The van der Waals surface area contributed by atoms with E-state index in [4.69, 9.17) is 37.4 Å². The van der Waals surface area contributed by atoms with Crippen LogP contribution in [0.4, 0.5) is 15.8 Å². The molecule has 0 atom stereocenters. The summed E-state index contributed by atoms with van der Waals surface area (Å²) in [5.74, 6) is 0.588. The Kier molecular flexibility index (Phi) is 8.38. The number of hydrogen-bond acceptors (Lipinski definition) is 5. The molecule has 3 aromatic carbocycles. The molecule has 4 rings (SSSR count).